The van der Waals surface area contributed by atoms with Gasteiger partial charge in [-0.15, -0.1) is 0 Å². The van der Waals surface area contributed by atoms with Gasteiger partial charge < -0.3 is 10.4 Å². The molecule has 2 amide bonds. The van der Waals surface area contributed by atoms with Crippen LogP contribution < -0.4 is 10.6 Å². The van der Waals surface area contributed by atoms with Gasteiger partial charge in [-0.05, 0) is 29.9 Å². The van der Waals surface area contributed by atoms with E-state index in [1.54, 1.807) is 6.92 Å². The van der Waals surface area contributed by atoms with Gasteiger partial charge >= 0.3 is 6.09 Å². The smallest absolute Gasteiger partial charge is 0.410 e. The van der Waals surface area contributed by atoms with Crippen LogP contribution >= 0.6 is 11.3 Å². The van der Waals surface area contributed by atoms with Gasteiger partial charge in [-0.25, -0.2) is 9.78 Å². The number of anilines is 2. The van der Waals surface area contributed by atoms with Gasteiger partial charge in [-0.1, -0.05) is 57.2 Å². The Hall–Kier alpha value is -2.41. The first-order valence-electron chi connectivity index (χ1n) is 8.12. The summed E-state index contributed by atoms with van der Waals surface area (Å²) >= 11 is 1.03. The van der Waals surface area contributed by atoms with Crippen molar-refractivity contribution >= 4 is 34.2 Å². The Balaban J connectivity index is 2.38. The maximum absolute atomic E-state index is 12.8. The van der Waals surface area contributed by atoms with E-state index in [1.807, 2.05) is 18.2 Å². The van der Waals surface area contributed by atoms with E-state index in [4.69, 9.17) is 5.11 Å². The van der Waals surface area contributed by atoms with Crippen molar-refractivity contribution in [1.82, 2.24) is 4.98 Å². The normalized spacial score (nSPS) is 11.0. The standard InChI is InChI=1S/C18H23N3O3S/c1-9(2)12-7-6-8-13(10(3)4)14(12)20-16(22)15-11(5)19-17(25-15)21-18(23)24/h6-10H,1-5H3,(H,19,21)(H,20,22)(H,23,24). The highest BCUT2D eigenvalue weighted by Gasteiger charge is 2.20. The van der Waals surface area contributed by atoms with Crippen molar-refractivity contribution in [2.45, 2.75) is 46.5 Å². The van der Waals surface area contributed by atoms with Crippen molar-refractivity contribution in [3.8, 4) is 0 Å². The number of thiazole rings is 1. The Morgan fingerprint density at radius 1 is 1.08 bits per heavy atom. The second-order valence-electron chi connectivity index (χ2n) is 6.44. The lowest BCUT2D eigenvalue weighted by atomic mass is 9.92. The number of para-hydroxylation sites is 1. The third-order valence-electron chi connectivity index (χ3n) is 3.83. The Kier molecular flexibility index (Phi) is 5.79. The molecule has 1 heterocycles. The number of carbonyl (C=O) groups is 2. The molecule has 0 aliphatic heterocycles. The van der Waals surface area contributed by atoms with Crippen molar-refractivity contribution in [3.05, 3.63) is 39.9 Å². The molecule has 134 valence electrons. The molecule has 1 aromatic carbocycles. The summed E-state index contributed by atoms with van der Waals surface area (Å²) in [6.07, 6.45) is -1.20. The van der Waals surface area contributed by atoms with Gasteiger partial charge in [-0.2, -0.15) is 0 Å². The molecule has 1 aromatic heterocycles. The molecule has 0 fully saturated rings. The molecular formula is C18H23N3O3S. The molecule has 2 aromatic rings. The number of aromatic nitrogens is 1. The quantitative estimate of drug-likeness (QED) is 0.695. The summed E-state index contributed by atoms with van der Waals surface area (Å²) in [7, 11) is 0. The van der Waals surface area contributed by atoms with E-state index in [0.717, 1.165) is 28.2 Å². The number of nitrogens with one attached hydrogen (secondary N) is 2. The van der Waals surface area contributed by atoms with Crippen LogP contribution in [-0.4, -0.2) is 22.1 Å². The summed E-state index contributed by atoms with van der Waals surface area (Å²) in [6.45, 7) is 10.0. The van der Waals surface area contributed by atoms with E-state index in [9.17, 15) is 9.59 Å². The Morgan fingerprint density at radius 3 is 2.12 bits per heavy atom. The van der Waals surface area contributed by atoms with E-state index in [-0.39, 0.29) is 22.9 Å². The van der Waals surface area contributed by atoms with Crippen LogP contribution in [0, 0.1) is 6.92 Å². The zero-order chi connectivity index (χ0) is 18.7. The summed E-state index contributed by atoms with van der Waals surface area (Å²) < 4.78 is 0. The minimum Gasteiger partial charge on any atom is -0.465 e. The van der Waals surface area contributed by atoms with Crippen LogP contribution in [0.25, 0.3) is 0 Å². The van der Waals surface area contributed by atoms with Crippen LogP contribution in [0.4, 0.5) is 15.6 Å². The minimum absolute atomic E-state index is 0.191. The predicted octanol–water partition coefficient (Wildman–Crippen LogP) is 5.04. The van der Waals surface area contributed by atoms with Crippen molar-refractivity contribution in [1.29, 1.82) is 0 Å². The lowest BCUT2D eigenvalue weighted by Gasteiger charge is -2.20. The SMILES string of the molecule is Cc1nc(NC(=O)O)sc1C(=O)Nc1c(C(C)C)cccc1C(C)C. The topological polar surface area (TPSA) is 91.3 Å². The molecule has 7 heteroatoms. The largest absolute Gasteiger partial charge is 0.465 e. The van der Waals surface area contributed by atoms with Gasteiger partial charge in [0.1, 0.15) is 4.88 Å². The number of benzene rings is 1. The van der Waals surface area contributed by atoms with Gasteiger partial charge in [0.25, 0.3) is 5.91 Å². The molecule has 6 nitrogen and oxygen atoms in total. The second kappa shape index (κ2) is 7.65. The van der Waals surface area contributed by atoms with Crippen molar-refractivity contribution in [2.75, 3.05) is 10.6 Å². The highest BCUT2D eigenvalue weighted by atomic mass is 32.1. The fourth-order valence-electron chi connectivity index (χ4n) is 2.62. The number of hydrogen-bond donors (Lipinski definition) is 3. The average molecular weight is 361 g/mol. The number of rotatable bonds is 5. The fourth-order valence-corrected chi connectivity index (χ4v) is 3.47. The molecule has 0 saturated heterocycles. The van der Waals surface area contributed by atoms with E-state index >= 15 is 0 Å². The lowest BCUT2D eigenvalue weighted by Crippen LogP contribution is -2.15. The van der Waals surface area contributed by atoms with Gasteiger partial charge in [0.05, 0.1) is 5.69 Å². The van der Waals surface area contributed by atoms with Crippen LogP contribution in [0.15, 0.2) is 18.2 Å². The van der Waals surface area contributed by atoms with Crippen LogP contribution in [0.3, 0.4) is 0 Å². The van der Waals surface area contributed by atoms with Crippen molar-refractivity contribution in [2.24, 2.45) is 0 Å². The van der Waals surface area contributed by atoms with E-state index in [0.29, 0.717) is 10.6 Å². The molecule has 2 rings (SSSR count). The Morgan fingerprint density at radius 2 is 1.64 bits per heavy atom. The monoisotopic (exact) mass is 361 g/mol. The summed E-state index contributed by atoms with van der Waals surface area (Å²) in [5.74, 6) is 0.255. The number of aryl methyl sites for hydroxylation is 1. The summed E-state index contributed by atoms with van der Waals surface area (Å²) in [4.78, 5) is 28.0. The molecule has 0 bridgehead atoms. The maximum Gasteiger partial charge on any atom is 0.410 e. The highest BCUT2D eigenvalue weighted by Crippen LogP contribution is 2.33. The van der Waals surface area contributed by atoms with Crippen LogP contribution in [0.5, 0.6) is 0 Å². The number of amides is 2. The van der Waals surface area contributed by atoms with Gasteiger partial charge in [0, 0.05) is 5.69 Å². The molecule has 0 radical (unpaired) electrons. The molecule has 0 unspecified atom stereocenters. The minimum atomic E-state index is -1.20. The molecule has 0 atom stereocenters. The summed E-state index contributed by atoms with van der Waals surface area (Å²) in [6, 6.07) is 6.04. The summed E-state index contributed by atoms with van der Waals surface area (Å²) in [5, 5.41) is 14.2. The average Bonchev–Trinajstić information content (AvgIpc) is 2.86. The number of hydrogen-bond acceptors (Lipinski definition) is 4. The van der Waals surface area contributed by atoms with Crippen molar-refractivity contribution in [3.63, 3.8) is 0 Å². The Labute approximate surface area is 151 Å². The zero-order valence-electron chi connectivity index (χ0n) is 15.0. The van der Waals surface area contributed by atoms with Crippen LogP contribution in [0.1, 0.15) is 66.0 Å². The van der Waals surface area contributed by atoms with Gasteiger partial charge in [0.2, 0.25) is 0 Å². The van der Waals surface area contributed by atoms with Gasteiger partial charge in [0.15, 0.2) is 5.13 Å². The van der Waals surface area contributed by atoms with E-state index in [1.165, 1.54) is 0 Å². The third kappa shape index (κ3) is 4.36. The summed E-state index contributed by atoms with van der Waals surface area (Å²) in [5.41, 5.74) is 3.48. The Bertz CT molecular complexity index is 771. The lowest BCUT2D eigenvalue weighted by molar-refractivity contribution is 0.102. The first kappa shape index (κ1) is 18.9. The molecule has 3 N–H and O–H groups in total. The molecular weight excluding hydrogens is 338 g/mol. The number of carboxylic acid groups (broad SMARTS) is 1. The van der Waals surface area contributed by atoms with Crippen LogP contribution in [0.2, 0.25) is 0 Å². The molecule has 0 aliphatic rings. The fraction of sp³-hybridized carbons (Fsp3) is 0.389. The molecule has 0 saturated carbocycles. The molecule has 25 heavy (non-hydrogen) atoms. The van der Waals surface area contributed by atoms with Crippen molar-refractivity contribution < 1.29 is 14.7 Å². The third-order valence-corrected chi connectivity index (χ3v) is 4.90. The number of nitrogens with zero attached hydrogens (tertiary/aromatic N) is 1. The van der Waals surface area contributed by atoms with E-state index < -0.39 is 6.09 Å². The maximum atomic E-state index is 12.8. The van der Waals surface area contributed by atoms with Crippen LogP contribution in [-0.2, 0) is 0 Å². The predicted molar refractivity (Wildman–Crippen MR) is 101 cm³/mol. The molecule has 0 aliphatic carbocycles. The second-order valence-corrected chi connectivity index (χ2v) is 7.44. The van der Waals surface area contributed by atoms with Gasteiger partial charge in [-0.3, -0.25) is 10.1 Å². The van der Waals surface area contributed by atoms with E-state index in [2.05, 4.69) is 43.3 Å². The number of carbonyl (C=O) groups excluding carboxylic acids is 1. The molecule has 0 spiro atoms. The zero-order valence-corrected chi connectivity index (χ0v) is 15.8. The highest BCUT2D eigenvalue weighted by molar-refractivity contribution is 7.17. The first-order chi connectivity index (χ1) is 11.7. The first-order valence-corrected chi connectivity index (χ1v) is 8.93.